The molecule has 1 fully saturated rings. The Morgan fingerprint density at radius 1 is 1.42 bits per heavy atom. The molecule has 0 N–H and O–H groups in total. The first-order valence-electron chi connectivity index (χ1n) is 5.79. The van der Waals surface area contributed by atoms with Gasteiger partial charge in [-0.15, -0.1) is 11.6 Å². The van der Waals surface area contributed by atoms with Gasteiger partial charge in [-0.3, -0.25) is 0 Å². The summed E-state index contributed by atoms with van der Waals surface area (Å²) in [7, 11) is 0. The van der Waals surface area contributed by atoms with Crippen molar-refractivity contribution in [2.24, 2.45) is 5.92 Å². The number of rotatable bonds is 2. The molecule has 1 aliphatic carbocycles. The van der Waals surface area contributed by atoms with E-state index in [0.717, 1.165) is 10.8 Å². The zero-order chi connectivity index (χ0) is 14.3. The maximum atomic E-state index is 13.1. The standard InChI is InChI=1S/C11H12ClF5N2/c12-8-5-10(13,14)2-1-7(8)6-19-4-3-18-9(19)11(15,16)17/h3-4,7-8H,1-2,5-6H2. The van der Waals surface area contributed by atoms with Crippen LogP contribution in [0.15, 0.2) is 12.4 Å². The average Bonchev–Trinajstić information content (AvgIpc) is 2.69. The van der Waals surface area contributed by atoms with Crippen LogP contribution in [0.4, 0.5) is 22.0 Å². The molecule has 2 rings (SSSR count). The first kappa shape index (κ1) is 14.6. The van der Waals surface area contributed by atoms with E-state index in [1.807, 2.05) is 0 Å². The molecule has 1 saturated carbocycles. The average molecular weight is 303 g/mol. The van der Waals surface area contributed by atoms with E-state index >= 15 is 0 Å². The summed E-state index contributed by atoms with van der Waals surface area (Å²) in [5, 5.41) is -0.827. The Kier molecular flexibility index (Phi) is 3.77. The van der Waals surface area contributed by atoms with Crippen LogP contribution in [-0.4, -0.2) is 20.9 Å². The van der Waals surface area contributed by atoms with Crippen molar-refractivity contribution in [1.29, 1.82) is 0 Å². The van der Waals surface area contributed by atoms with Crippen molar-refractivity contribution < 1.29 is 22.0 Å². The number of hydrogen-bond acceptors (Lipinski definition) is 1. The Bertz CT molecular complexity index is 443. The van der Waals surface area contributed by atoms with Crippen LogP contribution in [0.5, 0.6) is 0 Å². The van der Waals surface area contributed by atoms with Crippen LogP contribution in [0.3, 0.4) is 0 Å². The molecule has 1 aliphatic rings. The van der Waals surface area contributed by atoms with Crippen molar-refractivity contribution >= 4 is 11.6 Å². The molecule has 0 aliphatic heterocycles. The van der Waals surface area contributed by atoms with E-state index in [1.54, 1.807) is 0 Å². The van der Waals surface area contributed by atoms with Crippen molar-refractivity contribution in [2.45, 2.75) is 43.3 Å². The van der Waals surface area contributed by atoms with Gasteiger partial charge in [0, 0.05) is 37.2 Å². The minimum Gasteiger partial charge on any atom is -0.327 e. The highest BCUT2D eigenvalue weighted by Crippen LogP contribution is 2.40. The van der Waals surface area contributed by atoms with Crippen LogP contribution >= 0.6 is 11.6 Å². The summed E-state index contributed by atoms with van der Waals surface area (Å²) in [5.41, 5.74) is 0. The molecule has 2 nitrogen and oxygen atoms in total. The summed E-state index contributed by atoms with van der Waals surface area (Å²) in [6, 6.07) is 0. The van der Waals surface area contributed by atoms with Crippen LogP contribution in [0, 0.1) is 5.92 Å². The van der Waals surface area contributed by atoms with Crippen LogP contribution < -0.4 is 0 Å². The molecule has 1 heterocycles. The highest BCUT2D eigenvalue weighted by atomic mass is 35.5. The SMILES string of the molecule is FC1(F)CCC(Cn2ccnc2C(F)(F)F)C(Cl)C1. The molecule has 108 valence electrons. The Morgan fingerprint density at radius 2 is 2.11 bits per heavy atom. The van der Waals surface area contributed by atoms with Gasteiger partial charge in [0.2, 0.25) is 11.7 Å². The molecule has 19 heavy (non-hydrogen) atoms. The predicted molar refractivity (Wildman–Crippen MR) is 59.2 cm³/mol. The number of alkyl halides is 6. The predicted octanol–water partition coefficient (Wildman–Crippen LogP) is 3.94. The van der Waals surface area contributed by atoms with E-state index in [0.29, 0.717) is 0 Å². The molecular weight excluding hydrogens is 291 g/mol. The maximum Gasteiger partial charge on any atom is 0.449 e. The van der Waals surface area contributed by atoms with Crippen LogP contribution in [-0.2, 0) is 12.7 Å². The zero-order valence-electron chi connectivity index (χ0n) is 9.80. The van der Waals surface area contributed by atoms with Gasteiger partial charge in [0.05, 0.1) is 0 Å². The van der Waals surface area contributed by atoms with Gasteiger partial charge >= 0.3 is 6.18 Å². The van der Waals surface area contributed by atoms with E-state index < -0.39 is 35.6 Å². The summed E-state index contributed by atoms with van der Waals surface area (Å²) >= 11 is 5.86. The lowest BCUT2D eigenvalue weighted by molar-refractivity contribution is -0.147. The second-order valence-electron chi connectivity index (χ2n) is 4.78. The van der Waals surface area contributed by atoms with Crippen molar-refractivity contribution in [3.05, 3.63) is 18.2 Å². The summed E-state index contributed by atoms with van der Waals surface area (Å²) in [6.45, 7) is -0.0426. The zero-order valence-corrected chi connectivity index (χ0v) is 10.6. The van der Waals surface area contributed by atoms with Gasteiger partial charge in [0.1, 0.15) is 0 Å². The normalized spacial score (nSPS) is 27.5. The van der Waals surface area contributed by atoms with Gasteiger partial charge in [-0.25, -0.2) is 13.8 Å². The van der Waals surface area contributed by atoms with E-state index in [2.05, 4.69) is 4.98 Å². The Balaban J connectivity index is 2.09. The summed E-state index contributed by atoms with van der Waals surface area (Å²) < 4.78 is 65.0. The fraction of sp³-hybridized carbons (Fsp3) is 0.727. The third kappa shape index (κ3) is 3.38. The summed E-state index contributed by atoms with van der Waals surface area (Å²) in [4.78, 5) is 3.25. The topological polar surface area (TPSA) is 17.8 Å². The van der Waals surface area contributed by atoms with Gasteiger partial charge in [-0.05, 0) is 12.3 Å². The molecule has 0 aromatic carbocycles. The Labute approximate surface area is 111 Å². The third-order valence-corrected chi connectivity index (χ3v) is 3.80. The first-order valence-corrected chi connectivity index (χ1v) is 6.23. The lowest BCUT2D eigenvalue weighted by atomic mass is 9.86. The van der Waals surface area contributed by atoms with Crippen molar-refractivity contribution in [3.63, 3.8) is 0 Å². The first-order chi connectivity index (χ1) is 8.69. The smallest absolute Gasteiger partial charge is 0.327 e. The number of aromatic nitrogens is 2. The van der Waals surface area contributed by atoms with Crippen LogP contribution in [0.1, 0.15) is 25.1 Å². The molecule has 2 atom stereocenters. The lowest BCUT2D eigenvalue weighted by Gasteiger charge is -2.33. The second-order valence-corrected chi connectivity index (χ2v) is 5.34. The Morgan fingerprint density at radius 3 is 2.68 bits per heavy atom. The monoisotopic (exact) mass is 302 g/mol. The minimum atomic E-state index is -4.55. The fourth-order valence-corrected chi connectivity index (χ4v) is 2.73. The van der Waals surface area contributed by atoms with Gasteiger partial charge in [-0.1, -0.05) is 0 Å². The molecule has 1 aromatic rings. The molecule has 8 heteroatoms. The molecular formula is C11H12ClF5N2. The minimum absolute atomic E-state index is 0.0426. The summed E-state index contributed by atoms with van der Waals surface area (Å²) in [6.07, 6.45) is -3.03. The lowest BCUT2D eigenvalue weighted by Crippen LogP contribution is -2.35. The number of nitrogens with zero attached hydrogens (tertiary/aromatic N) is 2. The maximum absolute atomic E-state index is 13.1. The fourth-order valence-electron chi connectivity index (χ4n) is 2.30. The number of halogens is 6. The molecule has 1 aromatic heterocycles. The van der Waals surface area contributed by atoms with Crippen LogP contribution in [0.2, 0.25) is 0 Å². The van der Waals surface area contributed by atoms with Crippen LogP contribution in [0.25, 0.3) is 0 Å². The van der Waals surface area contributed by atoms with Gasteiger partial charge in [0.15, 0.2) is 0 Å². The van der Waals surface area contributed by atoms with E-state index in [9.17, 15) is 22.0 Å². The molecule has 0 bridgehead atoms. The summed E-state index contributed by atoms with van der Waals surface area (Å²) in [5.74, 6) is -4.24. The van der Waals surface area contributed by atoms with Crippen molar-refractivity contribution in [2.75, 3.05) is 0 Å². The van der Waals surface area contributed by atoms with Crippen molar-refractivity contribution in [1.82, 2.24) is 9.55 Å². The highest BCUT2D eigenvalue weighted by molar-refractivity contribution is 6.20. The Hall–Kier alpha value is -0.850. The second kappa shape index (κ2) is 4.92. The van der Waals surface area contributed by atoms with E-state index in [1.165, 1.54) is 6.20 Å². The largest absolute Gasteiger partial charge is 0.449 e. The van der Waals surface area contributed by atoms with E-state index in [-0.39, 0.29) is 19.4 Å². The van der Waals surface area contributed by atoms with Gasteiger partial charge in [-0.2, -0.15) is 13.2 Å². The number of hydrogen-bond donors (Lipinski definition) is 0. The van der Waals surface area contributed by atoms with Gasteiger partial charge in [0.25, 0.3) is 0 Å². The molecule has 0 saturated heterocycles. The van der Waals surface area contributed by atoms with Crippen molar-refractivity contribution in [3.8, 4) is 0 Å². The quantitative estimate of drug-likeness (QED) is 0.597. The van der Waals surface area contributed by atoms with Gasteiger partial charge < -0.3 is 4.57 Å². The molecule has 2 unspecified atom stereocenters. The molecule has 0 spiro atoms. The molecule has 0 radical (unpaired) electrons. The molecule has 0 amide bonds. The highest BCUT2D eigenvalue weighted by Gasteiger charge is 2.42. The third-order valence-electron chi connectivity index (χ3n) is 3.29. The number of imidazole rings is 1. The van der Waals surface area contributed by atoms with E-state index in [4.69, 9.17) is 11.6 Å².